The predicted octanol–water partition coefficient (Wildman–Crippen LogP) is 2.08. The van der Waals surface area contributed by atoms with Crippen LogP contribution in [0, 0.1) is 13.8 Å². The van der Waals surface area contributed by atoms with Crippen LogP contribution in [-0.4, -0.2) is 6.10 Å². The molecule has 2 atom stereocenters. The summed E-state index contributed by atoms with van der Waals surface area (Å²) in [5.41, 5.74) is 9.67. The number of rotatable bonds is 0. The first-order valence-electron chi connectivity index (χ1n) is 4.63. The Bertz CT molecular complexity index is 346. The molecule has 2 rings (SSSR count). The molecule has 1 aliphatic rings. The van der Waals surface area contributed by atoms with Crippen LogP contribution in [0.4, 0.5) is 0 Å². The topological polar surface area (TPSA) is 35.2 Å². The molecule has 2 N–H and O–H groups in total. The van der Waals surface area contributed by atoms with Gasteiger partial charge in [-0.2, -0.15) is 0 Å². The largest absolute Gasteiger partial charge is 0.488 e. The van der Waals surface area contributed by atoms with E-state index < -0.39 is 0 Å². The highest BCUT2D eigenvalue weighted by Crippen LogP contribution is 2.37. The molecular formula is C11H15NO. The number of hydrogen-bond acceptors (Lipinski definition) is 2. The van der Waals surface area contributed by atoms with Crippen LogP contribution in [0.25, 0.3) is 0 Å². The van der Waals surface area contributed by atoms with E-state index in [1.54, 1.807) is 0 Å². The lowest BCUT2D eigenvalue weighted by molar-refractivity contribution is 0.228. The Morgan fingerprint density at radius 1 is 1.31 bits per heavy atom. The van der Waals surface area contributed by atoms with Gasteiger partial charge in [0.15, 0.2) is 0 Å². The SMILES string of the molecule is Cc1cc(C)c2c(c1)OC(C)C2N. The average Bonchev–Trinajstić information content (AvgIpc) is 2.27. The van der Waals surface area contributed by atoms with Crippen molar-refractivity contribution in [2.24, 2.45) is 5.73 Å². The minimum atomic E-state index is 0.0376. The highest BCUT2D eigenvalue weighted by molar-refractivity contribution is 5.48. The monoisotopic (exact) mass is 177 g/mol. The highest BCUT2D eigenvalue weighted by atomic mass is 16.5. The smallest absolute Gasteiger partial charge is 0.125 e. The molecule has 0 spiro atoms. The van der Waals surface area contributed by atoms with Gasteiger partial charge in [-0.3, -0.25) is 0 Å². The Balaban J connectivity index is 2.57. The second kappa shape index (κ2) is 2.74. The van der Waals surface area contributed by atoms with E-state index in [1.807, 2.05) is 6.92 Å². The molecule has 0 bridgehead atoms. The molecule has 13 heavy (non-hydrogen) atoms. The van der Waals surface area contributed by atoms with Crippen molar-refractivity contribution in [3.05, 3.63) is 28.8 Å². The first kappa shape index (κ1) is 8.57. The highest BCUT2D eigenvalue weighted by Gasteiger charge is 2.29. The van der Waals surface area contributed by atoms with Crippen LogP contribution in [0.2, 0.25) is 0 Å². The van der Waals surface area contributed by atoms with Crippen molar-refractivity contribution >= 4 is 0 Å². The van der Waals surface area contributed by atoms with E-state index in [1.165, 1.54) is 16.7 Å². The van der Waals surface area contributed by atoms with Crippen molar-refractivity contribution in [3.63, 3.8) is 0 Å². The van der Waals surface area contributed by atoms with Gasteiger partial charge in [-0.1, -0.05) is 6.07 Å². The van der Waals surface area contributed by atoms with Gasteiger partial charge in [0.2, 0.25) is 0 Å². The van der Waals surface area contributed by atoms with E-state index in [2.05, 4.69) is 26.0 Å². The molecule has 1 aromatic rings. The molecular weight excluding hydrogens is 162 g/mol. The first-order chi connectivity index (χ1) is 6.09. The zero-order chi connectivity index (χ0) is 9.59. The van der Waals surface area contributed by atoms with E-state index in [0.29, 0.717) is 0 Å². The van der Waals surface area contributed by atoms with Gasteiger partial charge in [0.25, 0.3) is 0 Å². The summed E-state index contributed by atoms with van der Waals surface area (Å²) in [6, 6.07) is 4.25. The summed E-state index contributed by atoms with van der Waals surface area (Å²) in [5, 5.41) is 0. The Kier molecular flexibility index (Phi) is 1.81. The molecule has 0 aliphatic carbocycles. The summed E-state index contributed by atoms with van der Waals surface area (Å²) >= 11 is 0. The lowest BCUT2D eigenvalue weighted by atomic mass is 9.98. The third-order valence-electron chi connectivity index (χ3n) is 2.65. The molecule has 1 heterocycles. The van der Waals surface area contributed by atoms with Crippen molar-refractivity contribution in [1.82, 2.24) is 0 Å². The maximum Gasteiger partial charge on any atom is 0.125 e. The van der Waals surface area contributed by atoms with Gasteiger partial charge >= 0.3 is 0 Å². The van der Waals surface area contributed by atoms with Crippen molar-refractivity contribution in [2.45, 2.75) is 32.9 Å². The van der Waals surface area contributed by atoms with Gasteiger partial charge in [-0.25, -0.2) is 0 Å². The predicted molar refractivity (Wildman–Crippen MR) is 52.9 cm³/mol. The van der Waals surface area contributed by atoms with Crippen LogP contribution < -0.4 is 10.5 Å². The Morgan fingerprint density at radius 3 is 2.69 bits per heavy atom. The first-order valence-corrected chi connectivity index (χ1v) is 4.63. The van der Waals surface area contributed by atoms with Crippen molar-refractivity contribution in [2.75, 3.05) is 0 Å². The maximum atomic E-state index is 6.02. The Labute approximate surface area is 78.7 Å². The summed E-state index contributed by atoms with van der Waals surface area (Å²) in [5.74, 6) is 0.970. The maximum absolute atomic E-state index is 6.02. The molecule has 2 heteroatoms. The van der Waals surface area contributed by atoms with Crippen LogP contribution in [0.5, 0.6) is 5.75 Å². The van der Waals surface area contributed by atoms with Gasteiger partial charge in [0, 0.05) is 5.56 Å². The van der Waals surface area contributed by atoms with E-state index in [9.17, 15) is 0 Å². The summed E-state index contributed by atoms with van der Waals surface area (Å²) in [7, 11) is 0. The van der Waals surface area contributed by atoms with Gasteiger partial charge in [-0.05, 0) is 38.0 Å². The molecule has 0 amide bonds. The number of benzene rings is 1. The fourth-order valence-corrected chi connectivity index (χ4v) is 1.97. The molecule has 0 radical (unpaired) electrons. The van der Waals surface area contributed by atoms with Gasteiger partial charge in [0.1, 0.15) is 11.9 Å². The number of nitrogens with two attached hydrogens (primary N) is 1. The standard InChI is InChI=1S/C11H15NO/c1-6-4-7(2)10-9(5-6)13-8(3)11(10)12/h4-5,8,11H,12H2,1-3H3. The zero-order valence-electron chi connectivity index (χ0n) is 8.29. The molecule has 0 saturated heterocycles. The van der Waals surface area contributed by atoms with E-state index in [0.717, 1.165) is 5.75 Å². The average molecular weight is 177 g/mol. The summed E-state index contributed by atoms with van der Waals surface area (Å²) in [4.78, 5) is 0. The second-order valence-electron chi connectivity index (χ2n) is 3.84. The molecule has 0 fully saturated rings. The molecule has 0 saturated carbocycles. The third kappa shape index (κ3) is 1.22. The van der Waals surface area contributed by atoms with Gasteiger partial charge < -0.3 is 10.5 Å². The zero-order valence-corrected chi connectivity index (χ0v) is 8.29. The molecule has 2 nitrogen and oxygen atoms in total. The minimum Gasteiger partial charge on any atom is -0.488 e. The number of ether oxygens (including phenoxy) is 1. The van der Waals surface area contributed by atoms with Crippen molar-refractivity contribution in [1.29, 1.82) is 0 Å². The quantitative estimate of drug-likeness (QED) is 0.658. The van der Waals surface area contributed by atoms with Crippen LogP contribution in [0.3, 0.4) is 0 Å². The lowest BCUT2D eigenvalue weighted by Crippen LogP contribution is -2.21. The van der Waals surface area contributed by atoms with Gasteiger partial charge in [0.05, 0.1) is 6.04 Å². The number of fused-ring (bicyclic) bond motifs is 1. The number of hydrogen-bond donors (Lipinski definition) is 1. The third-order valence-corrected chi connectivity index (χ3v) is 2.65. The van der Waals surface area contributed by atoms with E-state index in [-0.39, 0.29) is 12.1 Å². The Hall–Kier alpha value is -1.02. The summed E-state index contributed by atoms with van der Waals surface area (Å²) < 4.78 is 5.66. The molecule has 1 aliphatic heterocycles. The second-order valence-corrected chi connectivity index (χ2v) is 3.84. The van der Waals surface area contributed by atoms with Crippen molar-refractivity contribution < 1.29 is 4.74 Å². The Morgan fingerprint density at radius 2 is 2.00 bits per heavy atom. The van der Waals surface area contributed by atoms with Crippen LogP contribution in [0.1, 0.15) is 29.7 Å². The summed E-state index contributed by atoms with van der Waals surface area (Å²) in [6.07, 6.45) is 0.107. The van der Waals surface area contributed by atoms with Gasteiger partial charge in [-0.15, -0.1) is 0 Å². The summed E-state index contributed by atoms with van der Waals surface area (Å²) in [6.45, 7) is 6.18. The molecule has 1 aromatic carbocycles. The fourth-order valence-electron chi connectivity index (χ4n) is 1.97. The minimum absolute atomic E-state index is 0.0376. The molecule has 0 aromatic heterocycles. The van der Waals surface area contributed by atoms with E-state index in [4.69, 9.17) is 10.5 Å². The van der Waals surface area contributed by atoms with Crippen LogP contribution in [0.15, 0.2) is 12.1 Å². The number of aryl methyl sites for hydroxylation is 2. The molecule has 2 unspecified atom stereocenters. The van der Waals surface area contributed by atoms with Crippen LogP contribution >= 0.6 is 0 Å². The van der Waals surface area contributed by atoms with E-state index >= 15 is 0 Å². The lowest BCUT2D eigenvalue weighted by Gasteiger charge is -2.08. The molecule has 70 valence electrons. The normalized spacial score (nSPS) is 25.5. The van der Waals surface area contributed by atoms with Crippen molar-refractivity contribution in [3.8, 4) is 5.75 Å². The van der Waals surface area contributed by atoms with Crippen LogP contribution in [-0.2, 0) is 0 Å². The fraction of sp³-hybridized carbons (Fsp3) is 0.455.